The number of hydrogen-bond donors (Lipinski definition) is 0. The summed E-state index contributed by atoms with van der Waals surface area (Å²) in [5.74, 6) is 5.42. The van der Waals surface area contributed by atoms with Crippen molar-refractivity contribution in [2.75, 3.05) is 0 Å². The van der Waals surface area contributed by atoms with E-state index in [1.807, 2.05) is 24.3 Å². The van der Waals surface area contributed by atoms with E-state index in [0.29, 0.717) is 0 Å². The molecular weight excluding hydrogens is 224 g/mol. The van der Waals surface area contributed by atoms with Gasteiger partial charge in [0.05, 0.1) is 9.40 Å². The Morgan fingerprint density at radius 3 is 2.53 bits per heavy atom. The van der Waals surface area contributed by atoms with Crippen LogP contribution in [0.1, 0.15) is 11.1 Å². The lowest BCUT2D eigenvalue weighted by Gasteiger charge is -1.93. The average molecular weight is 231 g/mol. The van der Waals surface area contributed by atoms with Gasteiger partial charge in [-0.25, -0.2) is 0 Å². The van der Waals surface area contributed by atoms with E-state index in [9.17, 15) is 0 Å². The van der Waals surface area contributed by atoms with Crippen molar-refractivity contribution in [3.8, 4) is 24.7 Å². The van der Waals surface area contributed by atoms with Crippen molar-refractivity contribution in [1.82, 2.24) is 0 Å². The molecule has 0 amide bonds. The Kier molecular flexibility index (Phi) is 2.15. The molecule has 77 valence electrons. The zero-order valence-corrected chi connectivity index (χ0v) is 9.77. The van der Waals surface area contributed by atoms with Crippen LogP contribution in [0.2, 0.25) is 0 Å². The quantitative estimate of drug-likeness (QED) is 0.516. The molecule has 0 nitrogen and oxygen atoms in total. The zero-order chi connectivity index (χ0) is 11.8. The molecule has 17 heavy (non-hydrogen) atoms. The largest absolute Gasteiger partial charge is 0.133 e. The molecule has 3 aromatic rings. The Morgan fingerprint density at radius 2 is 1.76 bits per heavy atom. The highest BCUT2D eigenvalue weighted by molar-refractivity contribution is 7.26. The summed E-state index contributed by atoms with van der Waals surface area (Å²) >= 11 is 1.65. The van der Waals surface area contributed by atoms with Crippen LogP contribution in [-0.2, 0) is 0 Å². The van der Waals surface area contributed by atoms with Gasteiger partial charge >= 0.3 is 0 Å². The second-order valence-corrected chi connectivity index (χ2v) is 4.69. The molecule has 0 bridgehead atoms. The van der Waals surface area contributed by atoms with Crippen molar-refractivity contribution in [2.24, 2.45) is 0 Å². The third-order valence-electron chi connectivity index (χ3n) is 2.75. The fraction of sp³-hybridized carbons (Fsp3) is 0. The minimum atomic E-state index is 0.905. The Hall–Kier alpha value is -2.22. The first kappa shape index (κ1) is 9.97. The number of benzene rings is 2. The van der Waals surface area contributed by atoms with Gasteiger partial charge in [-0.1, -0.05) is 30.0 Å². The number of fused-ring (bicyclic) bond motifs is 3. The van der Waals surface area contributed by atoms with Crippen LogP contribution in [-0.4, -0.2) is 0 Å². The first-order valence-corrected chi connectivity index (χ1v) is 5.96. The number of thiophene rings is 1. The van der Waals surface area contributed by atoms with E-state index in [1.54, 1.807) is 11.3 Å². The van der Waals surface area contributed by atoms with E-state index < -0.39 is 0 Å². The van der Waals surface area contributed by atoms with Crippen molar-refractivity contribution >= 4 is 31.5 Å². The Morgan fingerprint density at radius 1 is 1.00 bits per heavy atom. The second-order valence-electron chi connectivity index (χ2n) is 3.67. The van der Waals surface area contributed by atoms with Crippen LogP contribution >= 0.6 is 11.3 Å². The molecule has 0 saturated heterocycles. The predicted molar refractivity (Wildman–Crippen MR) is 74.0 cm³/mol. The van der Waals surface area contributed by atoms with Gasteiger partial charge in [-0.2, -0.15) is 0 Å². The topological polar surface area (TPSA) is 0 Å². The Bertz CT molecular complexity index is 739. The highest BCUT2D eigenvalue weighted by Gasteiger charge is 2.09. The minimum absolute atomic E-state index is 0.905. The molecule has 0 atom stereocenters. The van der Waals surface area contributed by atoms with Crippen molar-refractivity contribution in [3.05, 3.63) is 47.5 Å². The number of terminal acetylenes is 2. The summed E-state index contributed by atoms with van der Waals surface area (Å²) in [4.78, 5) is 0. The van der Waals surface area contributed by atoms with Gasteiger partial charge in [-0.15, -0.1) is 24.2 Å². The SMILES string of the molecule is C#Cc1cc[c]c2c1sc1c(C#C)cccc12. The smallest absolute Gasteiger partial charge is 0.0518 e. The van der Waals surface area contributed by atoms with Crippen molar-refractivity contribution in [2.45, 2.75) is 0 Å². The predicted octanol–water partition coefficient (Wildman–Crippen LogP) is 3.82. The molecule has 2 aromatic carbocycles. The van der Waals surface area contributed by atoms with E-state index in [4.69, 9.17) is 12.8 Å². The molecule has 0 N–H and O–H groups in total. The minimum Gasteiger partial charge on any atom is -0.133 e. The van der Waals surface area contributed by atoms with Crippen LogP contribution in [0, 0.1) is 30.8 Å². The van der Waals surface area contributed by atoms with Crippen molar-refractivity contribution in [1.29, 1.82) is 0 Å². The molecule has 0 aliphatic carbocycles. The summed E-state index contributed by atoms with van der Waals surface area (Å²) < 4.78 is 2.21. The van der Waals surface area contributed by atoms with E-state index in [2.05, 4.69) is 24.0 Å². The summed E-state index contributed by atoms with van der Waals surface area (Å²) in [7, 11) is 0. The lowest BCUT2D eigenvalue weighted by Crippen LogP contribution is -1.74. The summed E-state index contributed by atoms with van der Waals surface area (Å²) in [6.07, 6.45) is 11.0. The molecule has 0 aliphatic heterocycles. The molecule has 0 aliphatic rings. The van der Waals surface area contributed by atoms with E-state index in [-0.39, 0.29) is 0 Å². The fourth-order valence-corrected chi connectivity index (χ4v) is 3.19. The van der Waals surface area contributed by atoms with Crippen molar-refractivity contribution in [3.63, 3.8) is 0 Å². The second kappa shape index (κ2) is 3.67. The van der Waals surface area contributed by atoms with Gasteiger partial charge in [0.2, 0.25) is 0 Å². The third-order valence-corrected chi connectivity index (χ3v) is 4.02. The standard InChI is InChI=1S/C16H7S/c1-3-11-7-5-9-13-14-10-6-8-12(4-2)16(14)17-15(11)13/h1-2,5-9H. The van der Waals surface area contributed by atoms with E-state index in [1.165, 1.54) is 0 Å². The van der Waals surface area contributed by atoms with Gasteiger partial charge in [-0.3, -0.25) is 0 Å². The first-order chi connectivity index (χ1) is 8.35. The normalized spacial score (nSPS) is 10.2. The van der Waals surface area contributed by atoms with Crippen molar-refractivity contribution < 1.29 is 0 Å². The molecule has 0 unspecified atom stereocenters. The number of rotatable bonds is 0. The maximum atomic E-state index is 5.51. The fourth-order valence-electron chi connectivity index (χ4n) is 1.96. The monoisotopic (exact) mass is 231 g/mol. The summed E-state index contributed by atoms with van der Waals surface area (Å²) in [6, 6.07) is 13.0. The molecule has 1 aromatic heterocycles. The molecule has 0 fully saturated rings. The molecule has 1 heterocycles. The maximum Gasteiger partial charge on any atom is 0.0518 e. The van der Waals surface area contributed by atoms with Crippen LogP contribution in [0.4, 0.5) is 0 Å². The maximum absolute atomic E-state index is 5.51. The molecule has 3 rings (SSSR count). The molecule has 1 heteroatoms. The van der Waals surface area contributed by atoms with Crippen LogP contribution in [0.5, 0.6) is 0 Å². The van der Waals surface area contributed by atoms with Gasteiger partial charge in [0.15, 0.2) is 0 Å². The van der Waals surface area contributed by atoms with Gasteiger partial charge in [0.1, 0.15) is 0 Å². The molecule has 0 spiro atoms. The average Bonchev–Trinajstić information content (AvgIpc) is 2.77. The molecule has 1 radical (unpaired) electrons. The van der Waals surface area contributed by atoms with E-state index >= 15 is 0 Å². The van der Waals surface area contributed by atoms with Crippen LogP contribution in [0.15, 0.2) is 30.3 Å². The highest BCUT2D eigenvalue weighted by Crippen LogP contribution is 2.36. The highest BCUT2D eigenvalue weighted by atomic mass is 32.1. The lowest BCUT2D eigenvalue weighted by atomic mass is 10.1. The van der Waals surface area contributed by atoms with E-state index in [0.717, 1.165) is 31.3 Å². The first-order valence-electron chi connectivity index (χ1n) is 5.14. The summed E-state index contributed by atoms with van der Waals surface area (Å²) in [6.45, 7) is 0. The van der Waals surface area contributed by atoms with Crippen LogP contribution in [0.3, 0.4) is 0 Å². The lowest BCUT2D eigenvalue weighted by molar-refractivity contribution is 1.76. The zero-order valence-electron chi connectivity index (χ0n) is 8.95. The summed E-state index contributed by atoms with van der Waals surface area (Å²) in [5.41, 5.74) is 1.82. The van der Waals surface area contributed by atoms with Crippen LogP contribution < -0.4 is 0 Å². The molecule has 0 saturated carbocycles. The van der Waals surface area contributed by atoms with Gasteiger partial charge < -0.3 is 0 Å². The molecular formula is C16H7S. The van der Waals surface area contributed by atoms with Gasteiger partial charge in [-0.05, 0) is 18.2 Å². The van der Waals surface area contributed by atoms with Gasteiger partial charge in [0.25, 0.3) is 0 Å². The third kappa shape index (κ3) is 1.34. The Labute approximate surface area is 104 Å². The van der Waals surface area contributed by atoms with Crippen LogP contribution in [0.25, 0.3) is 20.2 Å². The van der Waals surface area contributed by atoms with Gasteiger partial charge in [0, 0.05) is 21.9 Å². The number of hydrogen-bond acceptors (Lipinski definition) is 1. The Balaban J connectivity index is 2.60. The summed E-state index contributed by atoms with van der Waals surface area (Å²) in [5, 5.41) is 2.20.